The molecular weight excluding hydrogens is 805 g/mol. The molecule has 0 rings (SSSR count). The van der Waals surface area contributed by atoms with Gasteiger partial charge in [-0.15, -0.1) is 0 Å². The molecule has 0 saturated carbocycles. The van der Waals surface area contributed by atoms with E-state index in [2.05, 4.69) is 57.2 Å². The number of carbonyl (C=O) groups is 3. The van der Waals surface area contributed by atoms with E-state index in [9.17, 15) is 14.4 Å². The van der Waals surface area contributed by atoms with Crippen LogP contribution in [0.3, 0.4) is 0 Å². The summed E-state index contributed by atoms with van der Waals surface area (Å²) >= 11 is 0. The average molecular weight is 914 g/mol. The summed E-state index contributed by atoms with van der Waals surface area (Å²) in [4.78, 5) is 39.0. The van der Waals surface area contributed by atoms with E-state index >= 15 is 0 Å². The second-order valence-electron chi connectivity index (χ2n) is 19.6. The molecule has 0 aliphatic heterocycles. The second kappa shape index (κ2) is 51.0. The number of hydrogen-bond acceptors (Lipinski definition) is 6. The molecule has 0 unspecified atom stereocenters. The van der Waals surface area contributed by atoms with Crippen molar-refractivity contribution in [2.45, 2.75) is 297 Å². The van der Waals surface area contributed by atoms with Gasteiger partial charge in [-0.25, -0.2) is 0 Å². The first-order chi connectivity index (χ1) is 31.9. The topological polar surface area (TPSA) is 78.9 Å². The van der Waals surface area contributed by atoms with E-state index in [-0.39, 0.29) is 25.2 Å². The maximum Gasteiger partial charge on any atom is 0.318 e. The van der Waals surface area contributed by atoms with Gasteiger partial charge >= 0.3 is 17.9 Å². The molecule has 0 heterocycles. The third kappa shape index (κ3) is 46.5. The summed E-state index contributed by atoms with van der Waals surface area (Å²) in [5, 5.41) is 0. The highest BCUT2D eigenvalue weighted by molar-refractivity contribution is 5.78. The van der Waals surface area contributed by atoms with Crippen LogP contribution in [0, 0.1) is 5.41 Å². The van der Waals surface area contributed by atoms with Crippen LogP contribution in [0.1, 0.15) is 297 Å². The molecule has 0 fully saturated rings. The van der Waals surface area contributed by atoms with Gasteiger partial charge in [0, 0.05) is 12.8 Å². The van der Waals surface area contributed by atoms with Crippen molar-refractivity contribution in [3.05, 3.63) is 36.5 Å². The monoisotopic (exact) mass is 913 g/mol. The van der Waals surface area contributed by atoms with E-state index < -0.39 is 11.4 Å². The fourth-order valence-corrected chi connectivity index (χ4v) is 8.15. The Kier molecular flexibility index (Phi) is 49.2. The molecule has 0 aliphatic carbocycles. The number of ether oxygens (including phenoxy) is 3. The molecule has 0 atom stereocenters. The number of allylic oxidation sites excluding steroid dienone is 6. The zero-order valence-corrected chi connectivity index (χ0v) is 43.7. The standard InChI is InChI=1S/C59H108O6/c1-5-8-11-14-17-20-23-26-29-32-35-38-41-44-47-50-53-63-58(62)59(4,54-64-56(60)51-48-45-42-39-36-33-30-27-24-21-18-15-12-9-6-2)55-65-57(61)52-49-46-43-40-37-34-31-28-25-22-19-16-13-10-7-3/h26-31H,5-25,32-55H2,1-4H3. The molecule has 0 spiro atoms. The van der Waals surface area contributed by atoms with Crippen molar-refractivity contribution in [3.8, 4) is 0 Å². The number of carbonyl (C=O) groups excluding carboxylic acids is 3. The van der Waals surface area contributed by atoms with Gasteiger partial charge in [0.1, 0.15) is 18.6 Å². The number of unbranched alkanes of at least 4 members (excludes halogenated alkanes) is 34. The zero-order valence-electron chi connectivity index (χ0n) is 43.7. The van der Waals surface area contributed by atoms with Crippen LogP contribution >= 0.6 is 0 Å². The first-order valence-corrected chi connectivity index (χ1v) is 28.3. The molecule has 0 bridgehead atoms. The van der Waals surface area contributed by atoms with Gasteiger partial charge in [-0.1, -0.05) is 218 Å². The molecule has 0 aromatic carbocycles. The van der Waals surface area contributed by atoms with Gasteiger partial charge in [0.2, 0.25) is 0 Å². The second-order valence-corrected chi connectivity index (χ2v) is 19.6. The van der Waals surface area contributed by atoms with Gasteiger partial charge in [0.25, 0.3) is 0 Å². The highest BCUT2D eigenvalue weighted by Crippen LogP contribution is 2.23. The van der Waals surface area contributed by atoms with Crippen LogP contribution in [0.4, 0.5) is 0 Å². The fourth-order valence-electron chi connectivity index (χ4n) is 8.15. The van der Waals surface area contributed by atoms with E-state index in [0.717, 1.165) is 77.0 Å². The maximum atomic E-state index is 13.4. The lowest BCUT2D eigenvalue weighted by molar-refractivity contribution is -0.170. The molecular formula is C59H108O6. The van der Waals surface area contributed by atoms with Gasteiger partial charge in [-0.3, -0.25) is 14.4 Å². The molecule has 0 aromatic rings. The summed E-state index contributed by atoms with van der Waals surface area (Å²) in [5.74, 6) is -1.09. The lowest BCUT2D eigenvalue weighted by atomic mass is 9.93. The predicted molar refractivity (Wildman–Crippen MR) is 279 cm³/mol. The molecule has 6 heteroatoms. The minimum atomic E-state index is -1.24. The molecule has 380 valence electrons. The number of hydrogen-bond donors (Lipinski definition) is 0. The van der Waals surface area contributed by atoms with Crippen molar-refractivity contribution in [1.82, 2.24) is 0 Å². The van der Waals surface area contributed by atoms with E-state index in [0.29, 0.717) is 19.4 Å². The average Bonchev–Trinajstić information content (AvgIpc) is 3.31. The zero-order chi connectivity index (χ0) is 47.4. The van der Waals surface area contributed by atoms with Gasteiger partial charge in [-0.05, 0) is 103 Å². The quantitative estimate of drug-likeness (QED) is 0.0262. The van der Waals surface area contributed by atoms with Crippen LogP contribution in [0.5, 0.6) is 0 Å². The third-order valence-corrected chi connectivity index (χ3v) is 12.8. The maximum absolute atomic E-state index is 13.4. The summed E-state index contributed by atoms with van der Waals surface area (Å²) in [6.45, 7) is 8.51. The molecule has 6 nitrogen and oxygen atoms in total. The SMILES string of the molecule is CCCCCCCCC=CCCCCCCCCOC(=O)C(C)(COC(=O)CCCCCCCC=CCCCCCCCC)COC(=O)CCCCCCCC=CCCCCCCCC. The normalized spacial score (nSPS) is 12.7. The van der Waals surface area contributed by atoms with Crippen molar-refractivity contribution < 1.29 is 28.6 Å². The van der Waals surface area contributed by atoms with Crippen molar-refractivity contribution in [2.75, 3.05) is 19.8 Å². The lowest BCUT2D eigenvalue weighted by Crippen LogP contribution is -2.40. The van der Waals surface area contributed by atoms with Crippen molar-refractivity contribution in [2.24, 2.45) is 5.41 Å². The molecule has 0 radical (unpaired) electrons. The largest absolute Gasteiger partial charge is 0.465 e. The smallest absolute Gasteiger partial charge is 0.318 e. The first kappa shape index (κ1) is 62.6. The molecule has 65 heavy (non-hydrogen) atoms. The lowest BCUT2D eigenvalue weighted by Gasteiger charge is -2.26. The Bertz CT molecular complexity index is 1070. The Morgan fingerprint density at radius 1 is 0.323 bits per heavy atom. The minimum Gasteiger partial charge on any atom is -0.465 e. The Labute approximate surface area is 404 Å². The van der Waals surface area contributed by atoms with Crippen LogP contribution in [0.15, 0.2) is 36.5 Å². The Balaban J connectivity index is 4.52. The molecule has 0 saturated heterocycles. The van der Waals surface area contributed by atoms with Crippen LogP contribution in [0.25, 0.3) is 0 Å². The molecule has 0 aromatic heterocycles. The Morgan fingerprint density at radius 3 is 0.862 bits per heavy atom. The highest BCUT2D eigenvalue weighted by Gasteiger charge is 2.38. The van der Waals surface area contributed by atoms with Crippen LogP contribution in [-0.2, 0) is 28.6 Å². The Morgan fingerprint density at radius 2 is 0.569 bits per heavy atom. The predicted octanol–water partition coefficient (Wildman–Crippen LogP) is 18.7. The summed E-state index contributed by atoms with van der Waals surface area (Å²) in [7, 11) is 0. The van der Waals surface area contributed by atoms with Gasteiger partial charge in [0.15, 0.2) is 0 Å². The van der Waals surface area contributed by atoms with Crippen LogP contribution in [0.2, 0.25) is 0 Å². The van der Waals surface area contributed by atoms with Gasteiger partial charge in [-0.2, -0.15) is 0 Å². The molecule has 0 amide bonds. The van der Waals surface area contributed by atoms with Crippen molar-refractivity contribution >= 4 is 17.9 Å². The first-order valence-electron chi connectivity index (χ1n) is 28.3. The van der Waals surface area contributed by atoms with E-state index in [1.165, 1.54) is 180 Å². The Hall–Kier alpha value is -2.37. The third-order valence-electron chi connectivity index (χ3n) is 12.8. The summed E-state index contributed by atoms with van der Waals surface area (Å²) in [6.07, 6.45) is 63.0. The van der Waals surface area contributed by atoms with Crippen LogP contribution < -0.4 is 0 Å². The summed E-state index contributed by atoms with van der Waals surface area (Å²) in [5.41, 5.74) is -1.24. The van der Waals surface area contributed by atoms with E-state index in [4.69, 9.17) is 14.2 Å². The fraction of sp³-hybridized carbons (Fsp3) is 0.847. The summed E-state index contributed by atoms with van der Waals surface area (Å²) < 4.78 is 17.0. The van der Waals surface area contributed by atoms with Crippen molar-refractivity contribution in [3.63, 3.8) is 0 Å². The number of rotatable bonds is 51. The number of esters is 3. The van der Waals surface area contributed by atoms with Crippen LogP contribution in [-0.4, -0.2) is 37.7 Å². The molecule has 0 N–H and O–H groups in total. The summed E-state index contributed by atoms with van der Waals surface area (Å²) in [6, 6.07) is 0. The highest BCUT2D eigenvalue weighted by atomic mass is 16.6. The van der Waals surface area contributed by atoms with Gasteiger partial charge in [0.05, 0.1) is 6.61 Å². The van der Waals surface area contributed by atoms with E-state index in [1.54, 1.807) is 6.92 Å². The van der Waals surface area contributed by atoms with Crippen molar-refractivity contribution in [1.29, 1.82) is 0 Å². The van der Waals surface area contributed by atoms with Gasteiger partial charge < -0.3 is 14.2 Å². The van der Waals surface area contributed by atoms with E-state index in [1.807, 2.05) is 0 Å². The molecule has 0 aliphatic rings. The minimum absolute atomic E-state index is 0.149.